The van der Waals surface area contributed by atoms with Gasteiger partial charge in [-0.25, -0.2) is 4.98 Å². The van der Waals surface area contributed by atoms with E-state index in [9.17, 15) is 0 Å². The fourth-order valence-electron chi connectivity index (χ4n) is 3.53. The van der Waals surface area contributed by atoms with Crippen molar-refractivity contribution >= 4 is 51.5 Å². The lowest BCUT2D eigenvalue weighted by atomic mass is 9.97. The molecule has 0 saturated carbocycles. The number of fused-ring (bicyclic) bond motifs is 1. The van der Waals surface area contributed by atoms with Crippen LogP contribution in [0.15, 0.2) is 54.6 Å². The van der Waals surface area contributed by atoms with Gasteiger partial charge in [0.1, 0.15) is 5.75 Å². The molecule has 1 saturated heterocycles. The SMILES string of the molecule is Cl.Cl.c1ccc(OCCCNCC2CCN(c3nc4ccccc4s3)CC2)cc1. The monoisotopic (exact) mass is 453 g/mol. The Hall–Kier alpha value is -1.53. The Labute approximate surface area is 189 Å². The molecule has 7 heteroatoms. The third kappa shape index (κ3) is 6.75. The second kappa shape index (κ2) is 12.2. The summed E-state index contributed by atoms with van der Waals surface area (Å²) in [5, 5.41) is 4.79. The summed E-state index contributed by atoms with van der Waals surface area (Å²) in [7, 11) is 0. The van der Waals surface area contributed by atoms with Gasteiger partial charge in [0, 0.05) is 13.1 Å². The van der Waals surface area contributed by atoms with Crippen LogP contribution < -0.4 is 15.0 Å². The number of piperidine rings is 1. The predicted octanol–water partition coefficient (Wildman–Crippen LogP) is 5.42. The Bertz CT molecular complexity index is 805. The third-order valence-electron chi connectivity index (χ3n) is 5.11. The Morgan fingerprint density at radius 1 is 1.00 bits per heavy atom. The van der Waals surface area contributed by atoms with Gasteiger partial charge in [0.05, 0.1) is 16.8 Å². The number of nitrogens with zero attached hydrogens (tertiary/aromatic N) is 2. The van der Waals surface area contributed by atoms with Crippen LogP contribution in [0.5, 0.6) is 5.75 Å². The van der Waals surface area contributed by atoms with Gasteiger partial charge in [-0.05, 0) is 62.5 Å². The highest BCUT2D eigenvalue weighted by molar-refractivity contribution is 7.22. The standard InChI is InChI=1S/C22H27N3OS.2ClH/c1-2-7-19(8-3-1)26-16-6-13-23-17-18-11-14-25(15-12-18)22-24-20-9-4-5-10-21(20)27-22;;/h1-5,7-10,18,23H,6,11-17H2;2*1H. The van der Waals surface area contributed by atoms with E-state index in [1.54, 1.807) is 0 Å². The molecule has 0 radical (unpaired) electrons. The fraction of sp³-hybridized carbons (Fsp3) is 0.409. The average Bonchev–Trinajstić information content (AvgIpc) is 3.16. The van der Waals surface area contributed by atoms with E-state index >= 15 is 0 Å². The van der Waals surface area contributed by atoms with Gasteiger partial charge in [-0.2, -0.15) is 0 Å². The number of benzene rings is 2. The minimum absolute atomic E-state index is 0. The molecule has 4 nitrogen and oxygen atoms in total. The predicted molar refractivity (Wildman–Crippen MR) is 128 cm³/mol. The number of anilines is 1. The second-order valence-electron chi connectivity index (χ2n) is 7.11. The van der Waals surface area contributed by atoms with Crippen molar-refractivity contribution in [3.8, 4) is 5.75 Å². The van der Waals surface area contributed by atoms with E-state index < -0.39 is 0 Å². The topological polar surface area (TPSA) is 37.4 Å². The Kier molecular flexibility index (Phi) is 10.0. The Balaban J connectivity index is 0.00000150. The van der Waals surface area contributed by atoms with E-state index in [1.807, 2.05) is 41.7 Å². The van der Waals surface area contributed by atoms with Crippen LogP contribution in [0.4, 0.5) is 5.13 Å². The van der Waals surface area contributed by atoms with E-state index in [1.165, 1.54) is 22.7 Å². The summed E-state index contributed by atoms with van der Waals surface area (Å²) in [6.45, 7) is 5.13. The summed E-state index contributed by atoms with van der Waals surface area (Å²) in [5.41, 5.74) is 1.12. The van der Waals surface area contributed by atoms with Crippen molar-refractivity contribution in [2.75, 3.05) is 37.7 Å². The summed E-state index contributed by atoms with van der Waals surface area (Å²) >= 11 is 1.82. The molecule has 2 aromatic carbocycles. The number of aromatic nitrogens is 1. The molecule has 2 heterocycles. The highest BCUT2D eigenvalue weighted by atomic mass is 35.5. The molecule has 0 aliphatic carbocycles. The Morgan fingerprint density at radius 3 is 2.48 bits per heavy atom. The van der Waals surface area contributed by atoms with Gasteiger partial charge >= 0.3 is 0 Å². The molecule has 0 unspecified atom stereocenters. The first-order valence-corrected chi connectivity index (χ1v) is 10.7. The van der Waals surface area contributed by atoms with Crippen molar-refractivity contribution in [2.45, 2.75) is 19.3 Å². The van der Waals surface area contributed by atoms with E-state index in [0.717, 1.165) is 56.4 Å². The van der Waals surface area contributed by atoms with Crippen LogP contribution in [0, 0.1) is 5.92 Å². The number of thiazole rings is 1. The van der Waals surface area contributed by atoms with E-state index in [2.05, 4.69) is 34.5 Å². The van der Waals surface area contributed by atoms with Crippen molar-refractivity contribution in [2.24, 2.45) is 5.92 Å². The van der Waals surface area contributed by atoms with Gasteiger partial charge in [-0.1, -0.05) is 41.7 Å². The smallest absolute Gasteiger partial charge is 0.186 e. The molecule has 0 amide bonds. The van der Waals surface area contributed by atoms with Crippen LogP contribution >= 0.6 is 36.2 Å². The molecule has 1 fully saturated rings. The average molecular weight is 454 g/mol. The molecule has 3 aromatic rings. The highest BCUT2D eigenvalue weighted by Crippen LogP contribution is 2.31. The van der Waals surface area contributed by atoms with Crippen LogP contribution in [-0.4, -0.2) is 37.8 Å². The number of ether oxygens (including phenoxy) is 1. The van der Waals surface area contributed by atoms with Gasteiger partial charge in [0.15, 0.2) is 5.13 Å². The number of hydrogen-bond acceptors (Lipinski definition) is 5. The van der Waals surface area contributed by atoms with Gasteiger partial charge in [0.25, 0.3) is 0 Å². The molecule has 0 bridgehead atoms. The maximum absolute atomic E-state index is 5.73. The maximum atomic E-state index is 5.73. The van der Waals surface area contributed by atoms with Crippen molar-refractivity contribution in [1.29, 1.82) is 0 Å². The first-order chi connectivity index (χ1) is 13.4. The molecule has 0 atom stereocenters. The quantitative estimate of drug-likeness (QED) is 0.462. The highest BCUT2D eigenvalue weighted by Gasteiger charge is 2.21. The zero-order valence-electron chi connectivity index (χ0n) is 16.5. The number of hydrogen-bond donors (Lipinski definition) is 1. The summed E-state index contributed by atoms with van der Waals surface area (Å²) in [5.74, 6) is 1.73. The maximum Gasteiger partial charge on any atom is 0.186 e. The lowest BCUT2D eigenvalue weighted by Gasteiger charge is -2.31. The molecule has 1 aliphatic rings. The van der Waals surface area contributed by atoms with Crippen molar-refractivity contribution in [3.05, 3.63) is 54.6 Å². The lowest BCUT2D eigenvalue weighted by molar-refractivity contribution is 0.303. The molecule has 29 heavy (non-hydrogen) atoms. The molecular weight excluding hydrogens is 425 g/mol. The third-order valence-corrected chi connectivity index (χ3v) is 6.21. The largest absolute Gasteiger partial charge is 0.494 e. The lowest BCUT2D eigenvalue weighted by Crippen LogP contribution is -2.37. The summed E-state index contributed by atoms with van der Waals surface area (Å²) < 4.78 is 7.02. The molecule has 1 N–H and O–H groups in total. The van der Waals surface area contributed by atoms with Gasteiger partial charge in [-0.15, -0.1) is 24.8 Å². The van der Waals surface area contributed by atoms with Gasteiger partial charge in [0.2, 0.25) is 0 Å². The first-order valence-electron chi connectivity index (χ1n) is 9.87. The normalized spacial score (nSPS) is 14.3. The van der Waals surface area contributed by atoms with Crippen LogP contribution in [0.3, 0.4) is 0 Å². The van der Waals surface area contributed by atoms with Crippen LogP contribution in [-0.2, 0) is 0 Å². The molecule has 158 valence electrons. The zero-order valence-corrected chi connectivity index (χ0v) is 18.9. The van der Waals surface area contributed by atoms with Gasteiger partial charge in [-0.3, -0.25) is 0 Å². The van der Waals surface area contributed by atoms with Crippen LogP contribution in [0.1, 0.15) is 19.3 Å². The zero-order chi connectivity index (χ0) is 18.3. The fourth-order valence-corrected chi connectivity index (χ4v) is 4.55. The number of para-hydroxylation sites is 2. The molecular formula is C22H29Cl2N3OS. The minimum Gasteiger partial charge on any atom is -0.494 e. The number of rotatable bonds is 8. The van der Waals surface area contributed by atoms with Gasteiger partial charge < -0.3 is 15.0 Å². The molecule has 4 rings (SSSR count). The first kappa shape index (κ1) is 23.7. The number of halogens is 2. The number of nitrogens with one attached hydrogen (secondary N) is 1. The van der Waals surface area contributed by atoms with Crippen molar-refractivity contribution in [3.63, 3.8) is 0 Å². The van der Waals surface area contributed by atoms with Crippen molar-refractivity contribution in [1.82, 2.24) is 10.3 Å². The summed E-state index contributed by atoms with van der Waals surface area (Å²) in [6, 6.07) is 18.5. The van der Waals surface area contributed by atoms with Crippen LogP contribution in [0.25, 0.3) is 10.2 Å². The minimum atomic E-state index is 0. The van der Waals surface area contributed by atoms with Crippen LogP contribution in [0.2, 0.25) is 0 Å². The Morgan fingerprint density at radius 2 is 1.72 bits per heavy atom. The van der Waals surface area contributed by atoms with E-state index in [0.29, 0.717) is 0 Å². The molecule has 1 aromatic heterocycles. The molecule has 1 aliphatic heterocycles. The van der Waals surface area contributed by atoms with Crippen molar-refractivity contribution < 1.29 is 4.74 Å². The van der Waals surface area contributed by atoms with E-state index in [-0.39, 0.29) is 24.8 Å². The van der Waals surface area contributed by atoms with E-state index in [4.69, 9.17) is 9.72 Å². The molecule has 0 spiro atoms. The second-order valence-corrected chi connectivity index (χ2v) is 8.12. The summed E-state index contributed by atoms with van der Waals surface area (Å²) in [6.07, 6.45) is 3.52. The summed E-state index contributed by atoms with van der Waals surface area (Å²) in [4.78, 5) is 7.25.